The molecule has 10 rings (SSSR count). The average Bonchev–Trinajstić information content (AvgIpc) is 3.81. The van der Waals surface area contributed by atoms with Crippen molar-refractivity contribution in [1.29, 1.82) is 0 Å². The van der Waals surface area contributed by atoms with Gasteiger partial charge in [-0.1, -0.05) is 82.5 Å². The van der Waals surface area contributed by atoms with Crippen LogP contribution >= 0.6 is 0 Å². The van der Waals surface area contributed by atoms with E-state index in [4.69, 9.17) is 19.4 Å². The highest BCUT2D eigenvalue weighted by molar-refractivity contribution is 6.70. The lowest BCUT2D eigenvalue weighted by Crippen LogP contribution is -2.55. The van der Waals surface area contributed by atoms with Gasteiger partial charge in [0.2, 0.25) is 0 Å². The second-order valence-corrected chi connectivity index (χ2v) is 16.8. The summed E-state index contributed by atoms with van der Waals surface area (Å²) in [6.07, 6.45) is 0. The van der Waals surface area contributed by atoms with Crippen molar-refractivity contribution in [1.82, 2.24) is 19.5 Å². The lowest BCUT2D eigenvalue weighted by molar-refractivity contribution is 0.668. The first-order valence-corrected chi connectivity index (χ1v) is 20.9. The molecule has 0 spiro atoms. The molecule has 5 nitrogen and oxygen atoms in total. The lowest BCUT2D eigenvalue weighted by atomic mass is 9.60. The van der Waals surface area contributed by atoms with Gasteiger partial charge in [-0.25, -0.2) is 15.0 Å². The highest BCUT2D eigenvalue weighted by Gasteiger charge is 2.22. The maximum atomic E-state index is 6.77. The van der Waals surface area contributed by atoms with Crippen LogP contribution in [0.1, 0.15) is 0 Å². The Morgan fingerprint density at radius 3 is 1.45 bits per heavy atom. The molecule has 0 N–H and O–H groups in total. The Hall–Kier alpha value is -6.20. The van der Waals surface area contributed by atoms with Crippen LogP contribution < -0.4 is 54.6 Å². The number of nitrogens with zero attached hydrogens (tertiary/aromatic N) is 4. The van der Waals surface area contributed by atoms with Gasteiger partial charge in [0.1, 0.15) is 89.6 Å². The zero-order valence-electron chi connectivity index (χ0n) is 36.1. The van der Waals surface area contributed by atoms with Gasteiger partial charge >= 0.3 is 0 Å². The molecule has 0 radical (unpaired) electrons. The van der Waals surface area contributed by atoms with Crippen LogP contribution in [0, 0.1) is 0 Å². The molecule has 3 aromatic heterocycles. The molecule has 3 heterocycles. The molecule has 0 aliphatic rings. The summed E-state index contributed by atoms with van der Waals surface area (Å²) in [6, 6.07) is 39.0. The normalized spacial score (nSPS) is 11.7. The topological polar surface area (TPSA) is 56.7 Å². The molecule has 10 aromatic rings. The maximum Gasteiger partial charge on any atom is 0.164 e. The van der Waals surface area contributed by atoms with Crippen molar-refractivity contribution in [3.63, 3.8) is 0 Å². The maximum absolute atomic E-state index is 6.77. The van der Waals surface area contributed by atoms with Crippen molar-refractivity contribution in [3.8, 4) is 51.0 Å². The number of rotatable bonds is 5. The zero-order chi connectivity index (χ0) is 41.7. The first-order valence-electron chi connectivity index (χ1n) is 20.9. The van der Waals surface area contributed by atoms with Gasteiger partial charge in [-0.15, -0.1) is 32.8 Å². The molecular weight excluding hydrogens is 721 g/mol. The van der Waals surface area contributed by atoms with E-state index in [1.54, 1.807) is 0 Å². The minimum Gasteiger partial charge on any atom is -0.456 e. The van der Waals surface area contributed by atoms with Gasteiger partial charge in [0, 0.05) is 50.0 Å². The van der Waals surface area contributed by atoms with Crippen molar-refractivity contribution in [2.24, 2.45) is 0 Å². The summed E-state index contributed by atoms with van der Waals surface area (Å²) in [5.74, 6) is 2.02. The Labute approximate surface area is 359 Å². The number of para-hydroxylation sites is 1. The number of aromatic nitrogens is 4. The van der Waals surface area contributed by atoms with Gasteiger partial charge in [-0.05, 0) is 53.6 Å². The fourth-order valence-electron chi connectivity index (χ4n) is 9.50. The van der Waals surface area contributed by atoms with Gasteiger partial charge in [0.15, 0.2) is 17.5 Å². The minimum absolute atomic E-state index is 0.627. The van der Waals surface area contributed by atoms with E-state index in [2.05, 4.69) is 192 Å². The van der Waals surface area contributed by atoms with Crippen molar-refractivity contribution in [2.45, 2.75) is 0 Å². The molecule has 0 fully saturated rings. The van der Waals surface area contributed by atoms with E-state index in [0.717, 1.165) is 55.3 Å². The van der Waals surface area contributed by atoms with Crippen LogP contribution in [0.4, 0.5) is 0 Å². The molecule has 0 bridgehead atoms. The van der Waals surface area contributed by atoms with E-state index in [1.165, 1.54) is 76.5 Å². The Morgan fingerprint density at radius 2 is 0.833 bits per heavy atom. The molecule has 0 atom stereocenters. The molecule has 0 aliphatic heterocycles. The summed E-state index contributed by atoms with van der Waals surface area (Å²) in [5.41, 5.74) is 23.0. The Bertz CT molecular complexity index is 3310. The number of benzene rings is 7. The summed E-state index contributed by atoms with van der Waals surface area (Å²) in [6.45, 7) is 0. The smallest absolute Gasteiger partial charge is 0.164 e. The predicted molar refractivity (Wildman–Crippen MR) is 285 cm³/mol. The van der Waals surface area contributed by atoms with E-state index in [0.29, 0.717) is 17.5 Å². The largest absolute Gasteiger partial charge is 0.456 e. The monoisotopic (exact) mass is 760 g/mol. The van der Waals surface area contributed by atoms with Gasteiger partial charge in [0.05, 0.1) is 11.0 Å². The number of furan rings is 1. The van der Waals surface area contributed by atoms with Crippen LogP contribution in [0.15, 0.2) is 114 Å². The second kappa shape index (κ2) is 14.2. The number of hydrogen-bond donors (Lipinski definition) is 0. The second-order valence-electron chi connectivity index (χ2n) is 16.8. The van der Waals surface area contributed by atoms with Gasteiger partial charge in [-0.3, -0.25) is 0 Å². The zero-order valence-corrected chi connectivity index (χ0v) is 36.1. The van der Waals surface area contributed by atoms with Crippen LogP contribution in [0.5, 0.6) is 0 Å². The van der Waals surface area contributed by atoms with Crippen molar-refractivity contribution in [3.05, 3.63) is 109 Å². The van der Waals surface area contributed by atoms with E-state index < -0.39 is 0 Å². The fourth-order valence-corrected chi connectivity index (χ4v) is 9.50. The Morgan fingerprint density at radius 1 is 0.350 bits per heavy atom. The minimum atomic E-state index is 0.627. The Balaban J connectivity index is 1.14. The summed E-state index contributed by atoms with van der Waals surface area (Å²) >= 11 is 0. The average molecular weight is 759 g/mol. The third-order valence-corrected chi connectivity index (χ3v) is 13.8. The standard InChI is InChI=1S/C45H38B10N4O/c46-33-31(34(47)38(51)41(54)37(33)50)44-56-43(57-45(58-44)32-35(48)39(52)42(55)40(53)36(32)49)21-10-13-24-25-14-12-22(18-30(25)60-29(24)17-21)59-27-9-5-4-8-23(27)26-16-20(11-15-28(26)59)19-6-2-1-3-7-19/h1-18H,46-55H2. The van der Waals surface area contributed by atoms with E-state index >= 15 is 0 Å². The molecule has 274 valence electrons. The van der Waals surface area contributed by atoms with Crippen molar-refractivity contribution >= 4 is 177 Å². The lowest BCUT2D eigenvalue weighted by Gasteiger charge is -2.22. The van der Waals surface area contributed by atoms with Gasteiger partial charge in [0.25, 0.3) is 0 Å². The predicted octanol–water partition coefficient (Wildman–Crippen LogP) is -5.88. The quantitative estimate of drug-likeness (QED) is 0.165. The van der Waals surface area contributed by atoms with Crippen LogP contribution in [0.25, 0.3) is 94.7 Å². The summed E-state index contributed by atoms with van der Waals surface area (Å²) in [4.78, 5) is 15.9. The number of hydrogen-bond acceptors (Lipinski definition) is 4. The van der Waals surface area contributed by atoms with Gasteiger partial charge < -0.3 is 8.98 Å². The van der Waals surface area contributed by atoms with Crippen LogP contribution in [-0.2, 0) is 0 Å². The van der Waals surface area contributed by atoms with Crippen LogP contribution in [0.3, 0.4) is 0 Å². The molecule has 0 amide bonds. The van der Waals surface area contributed by atoms with Crippen LogP contribution in [-0.4, -0.2) is 98.0 Å². The van der Waals surface area contributed by atoms with E-state index in [-0.39, 0.29) is 0 Å². The third kappa shape index (κ3) is 5.80. The molecule has 0 saturated carbocycles. The number of fused-ring (bicyclic) bond motifs is 6. The highest BCUT2D eigenvalue weighted by Crippen LogP contribution is 2.38. The summed E-state index contributed by atoms with van der Waals surface area (Å²) in [5, 5.41) is 4.56. The molecule has 0 unspecified atom stereocenters. The van der Waals surface area contributed by atoms with E-state index in [1.807, 2.05) is 0 Å². The third-order valence-electron chi connectivity index (χ3n) is 13.8. The SMILES string of the molecule is Bc1c(B)c(B)c(-c2nc(-c3ccc4c(c3)oc3cc(-n5c6ccccc6c6cc(-c7ccccc7)ccc65)ccc34)nc(-c3c(B)c(B)c(B)c(B)c3B)n2)c(B)c1B. The Kier molecular flexibility index (Phi) is 9.02. The first kappa shape index (κ1) is 38.0. The molecule has 15 heteroatoms. The molecule has 7 aromatic carbocycles. The van der Waals surface area contributed by atoms with Crippen LogP contribution in [0.2, 0.25) is 0 Å². The molecular formula is C45H38B10N4O. The van der Waals surface area contributed by atoms with E-state index in [9.17, 15) is 0 Å². The highest BCUT2D eigenvalue weighted by atomic mass is 16.3. The van der Waals surface area contributed by atoms with Gasteiger partial charge in [-0.2, -0.15) is 0 Å². The van der Waals surface area contributed by atoms with Crippen molar-refractivity contribution in [2.75, 3.05) is 0 Å². The molecule has 60 heavy (non-hydrogen) atoms. The summed E-state index contributed by atoms with van der Waals surface area (Å²) in [7, 11) is 22.0. The molecule has 0 aliphatic carbocycles. The molecule has 0 saturated heterocycles. The first-order chi connectivity index (χ1) is 28.9. The summed E-state index contributed by atoms with van der Waals surface area (Å²) < 4.78 is 9.11. The fraction of sp³-hybridized carbons (Fsp3) is 0. The van der Waals surface area contributed by atoms with Crippen molar-refractivity contribution < 1.29 is 4.42 Å².